The largest absolute Gasteiger partial charge is 0.342 e. The van der Waals surface area contributed by atoms with Crippen molar-refractivity contribution in [3.8, 4) is 0 Å². The molecule has 1 aromatic heterocycles. The molecule has 5 nitrogen and oxygen atoms in total. The molecule has 0 bridgehead atoms. The van der Waals surface area contributed by atoms with E-state index in [1.165, 1.54) is 12.5 Å². The van der Waals surface area contributed by atoms with Crippen molar-refractivity contribution in [3.05, 3.63) is 17.0 Å². The normalized spacial score (nSPS) is 20.5. The van der Waals surface area contributed by atoms with Crippen molar-refractivity contribution in [2.45, 2.75) is 30.4 Å². The Balaban J connectivity index is 2.01. The van der Waals surface area contributed by atoms with Gasteiger partial charge in [-0.2, -0.15) is 0 Å². The van der Waals surface area contributed by atoms with Crippen LogP contribution in [0.5, 0.6) is 0 Å². The van der Waals surface area contributed by atoms with Crippen LogP contribution in [-0.4, -0.2) is 32.3 Å². The third kappa shape index (κ3) is 3.77. The number of hydrogen-bond donors (Lipinski definition) is 1. The fourth-order valence-corrected chi connectivity index (χ4v) is 4.05. The summed E-state index contributed by atoms with van der Waals surface area (Å²) in [4.78, 5) is 14.7. The summed E-state index contributed by atoms with van der Waals surface area (Å²) in [6, 6.07) is 3.12. The molecule has 2 heterocycles. The molecule has 19 heavy (non-hydrogen) atoms. The lowest BCUT2D eigenvalue weighted by atomic mass is 10.00. The number of rotatable bonds is 3. The average molecular weight is 302 g/mol. The molecule has 0 spiro atoms. The number of piperidine rings is 1. The SMILES string of the molecule is CC1CCCN(C(=O)Cc2ccc(S(N)(=O)=O)s2)C1. The molecule has 1 aliphatic rings. The van der Waals surface area contributed by atoms with E-state index >= 15 is 0 Å². The number of sulfonamides is 1. The number of likely N-dealkylation sites (tertiary alicyclic amines) is 1. The first kappa shape index (κ1) is 14.5. The zero-order chi connectivity index (χ0) is 14.0. The minimum absolute atomic E-state index is 0.0642. The fraction of sp³-hybridized carbons (Fsp3) is 0.583. The summed E-state index contributed by atoms with van der Waals surface area (Å²) in [6.45, 7) is 3.74. The van der Waals surface area contributed by atoms with Crippen molar-refractivity contribution < 1.29 is 13.2 Å². The van der Waals surface area contributed by atoms with Gasteiger partial charge in [0.15, 0.2) is 0 Å². The van der Waals surface area contributed by atoms with E-state index < -0.39 is 10.0 Å². The highest BCUT2D eigenvalue weighted by Gasteiger charge is 2.22. The number of nitrogens with two attached hydrogens (primary N) is 1. The first-order valence-electron chi connectivity index (χ1n) is 6.25. The van der Waals surface area contributed by atoms with E-state index in [4.69, 9.17) is 5.14 Å². The Kier molecular flexibility index (Phi) is 4.27. The summed E-state index contributed by atoms with van der Waals surface area (Å²) in [7, 11) is -3.66. The lowest BCUT2D eigenvalue weighted by Gasteiger charge is -2.30. The molecule has 1 amide bonds. The van der Waals surface area contributed by atoms with E-state index in [2.05, 4.69) is 6.92 Å². The molecule has 0 saturated carbocycles. The zero-order valence-corrected chi connectivity index (χ0v) is 12.5. The second kappa shape index (κ2) is 5.60. The predicted molar refractivity (Wildman–Crippen MR) is 74.4 cm³/mol. The Morgan fingerprint density at radius 2 is 2.26 bits per heavy atom. The standard InChI is InChI=1S/C12H18N2O3S2/c1-9-3-2-6-14(8-9)11(15)7-10-4-5-12(18-10)19(13,16)17/h4-5,9H,2-3,6-8H2,1H3,(H2,13,16,17). The Bertz CT molecular complexity index is 565. The second-order valence-corrected chi connectivity index (χ2v) is 7.99. The molecule has 0 aliphatic carbocycles. The highest BCUT2D eigenvalue weighted by Crippen LogP contribution is 2.22. The van der Waals surface area contributed by atoms with Gasteiger partial charge in [0.1, 0.15) is 4.21 Å². The highest BCUT2D eigenvalue weighted by atomic mass is 32.2. The van der Waals surface area contributed by atoms with Crippen molar-refractivity contribution in [1.82, 2.24) is 4.90 Å². The van der Waals surface area contributed by atoms with Crippen molar-refractivity contribution in [1.29, 1.82) is 0 Å². The van der Waals surface area contributed by atoms with E-state index in [9.17, 15) is 13.2 Å². The Morgan fingerprint density at radius 3 is 2.84 bits per heavy atom. The molecule has 1 aromatic rings. The highest BCUT2D eigenvalue weighted by molar-refractivity contribution is 7.91. The number of amides is 1. The third-order valence-electron chi connectivity index (χ3n) is 3.25. The van der Waals surface area contributed by atoms with Crippen LogP contribution >= 0.6 is 11.3 Å². The second-order valence-electron chi connectivity index (χ2n) is 5.03. The minimum atomic E-state index is -3.66. The van der Waals surface area contributed by atoms with E-state index in [0.717, 1.165) is 35.7 Å². The van der Waals surface area contributed by atoms with Crippen LogP contribution < -0.4 is 5.14 Å². The molecule has 1 saturated heterocycles. The summed E-state index contributed by atoms with van der Waals surface area (Å²) in [6.07, 6.45) is 2.46. The van der Waals surface area contributed by atoms with Gasteiger partial charge in [0.25, 0.3) is 0 Å². The first-order valence-corrected chi connectivity index (χ1v) is 8.62. The zero-order valence-electron chi connectivity index (χ0n) is 10.8. The number of primary sulfonamides is 1. The van der Waals surface area contributed by atoms with E-state index in [1.54, 1.807) is 6.07 Å². The van der Waals surface area contributed by atoms with Crippen molar-refractivity contribution in [2.24, 2.45) is 11.1 Å². The molecular formula is C12H18N2O3S2. The molecule has 1 aliphatic heterocycles. The molecule has 7 heteroatoms. The number of hydrogen-bond acceptors (Lipinski definition) is 4. The maximum atomic E-state index is 12.1. The van der Waals surface area contributed by atoms with Gasteiger partial charge in [-0.1, -0.05) is 6.92 Å². The summed E-state index contributed by atoms with van der Waals surface area (Å²) in [5.41, 5.74) is 0. The monoisotopic (exact) mass is 302 g/mol. The van der Waals surface area contributed by atoms with Crippen LogP contribution in [-0.2, 0) is 21.2 Å². The van der Waals surface area contributed by atoms with Gasteiger partial charge < -0.3 is 4.90 Å². The molecule has 1 fully saturated rings. The maximum absolute atomic E-state index is 12.1. The molecule has 0 radical (unpaired) electrons. The molecule has 1 atom stereocenters. The van der Waals surface area contributed by atoms with Crippen LogP contribution in [0.4, 0.5) is 0 Å². The van der Waals surface area contributed by atoms with Gasteiger partial charge in [-0.05, 0) is 30.9 Å². The quantitative estimate of drug-likeness (QED) is 0.911. The Labute approximate surface area is 117 Å². The molecule has 2 N–H and O–H groups in total. The summed E-state index contributed by atoms with van der Waals surface area (Å²) in [5, 5.41) is 5.05. The van der Waals surface area contributed by atoms with Gasteiger partial charge in [-0.15, -0.1) is 11.3 Å². The molecule has 1 unspecified atom stereocenters. The topological polar surface area (TPSA) is 80.5 Å². The first-order chi connectivity index (χ1) is 8.86. The van der Waals surface area contributed by atoms with Gasteiger partial charge >= 0.3 is 0 Å². The Hall–Kier alpha value is -0.920. The van der Waals surface area contributed by atoms with Gasteiger partial charge in [-0.3, -0.25) is 4.79 Å². The van der Waals surface area contributed by atoms with Crippen LogP contribution in [0.25, 0.3) is 0 Å². The van der Waals surface area contributed by atoms with Crippen LogP contribution in [0.3, 0.4) is 0 Å². The van der Waals surface area contributed by atoms with Crippen LogP contribution in [0.2, 0.25) is 0 Å². The van der Waals surface area contributed by atoms with Crippen LogP contribution in [0.15, 0.2) is 16.3 Å². The van der Waals surface area contributed by atoms with Crippen molar-refractivity contribution in [2.75, 3.05) is 13.1 Å². The van der Waals surface area contributed by atoms with Crippen LogP contribution in [0.1, 0.15) is 24.6 Å². The number of thiophene rings is 1. The maximum Gasteiger partial charge on any atom is 0.247 e. The predicted octanol–water partition coefficient (Wildman–Crippen LogP) is 1.20. The van der Waals surface area contributed by atoms with Crippen molar-refractivity contribution >= 4 is 27.3 Å². The summed E-state index contributed by atoms with van der Waals surface area (Å²) >= 11 is 1.07. The fourth-order valence-electron chi connectivity index (χ4n) is 2.28. The van der Waals surface area contributed by atoms with Gasteiger partial charge in [-0.25, -0.2) is 13.6 Å². The van der Waals surface area contributed by atoms with Crippen molar-refractivity contribution in [3.63, 3.8) is 0 Å². The lowest BCUT2D eigenvalue weighted by Crippen LogP contribution is -2.39. The Morgan fingerprint density at radius 1 is 1.53 bits per heavy atom. The third-order valence-corrected chi connectivity index (χ3v) is 5.78. The lowest BCUT2D eigenvalue weighted by molar-refractivity contribution is -0.132. The van der Waals surface area contributed by atoms with E-state index in [1.807, 2.05) is 4.90 Å². The average Bonchev–Trinajstić information content (AvgIpc) is 2.77. The number of nitrogens with zero attached hydrogens (tertiary/aromatic N) is 1. The van der Waals surface area contributed by atoms with E-state index in [0.29, 0.717) is 5.92 Å². The van der Waals surface area contributed by atoms with Gasteiger partial charge in [0.05, 0.1) is 6.42 Å². The molecule has 106 valence electrons. The van der Waals surface area contributed by atoms with Gasteiger partial charge in [0.2, 0.25) is 15.9 Å². The smallest absolute Gasteiger partial charge is 0.247 e. The molecule has 2 rings (SSSR count). The van der Waals surface area contributed by atoms with E-state index in [-0.39, 0.29) is 16.5 Å². The summed E-state index contributed by atoms with van der Waals surface area (Å²) < 4.78 is 22.5. The molecule has 0 aromatic carbocycles. The van der Waals surface area contributed by atoms with Gasteiger partial charge in [0, 0.05) is 18.0 Å². The number of carbonyl (C=O) groups excluding carboxylic acids is 1. The summed E-state index contributed by atoms with van der Waals surface area (Å²) in [5.74, 6) is 0.607. The number of carbonyl (C=O) groups is 1. The minimum Gasteiger partial charge on any atom is -0.342 e. The van der Waals surface area contributed by atoms with Crippen LogP contribution in [0, 0.1) is 5.92 Å². The molecular weight excluding hydrogens is 284 g/mol.